The quantitative estimate of drug-likeness (QED) is 0.255. The first-order valence-corrected chi connectivity index (χ1v) is 11.3. The lowest BCUT2D eigenvalue weighted by molar-refractivity contribution is 0.0470. The van der Waals surface area contributed by atoms with Crippen LogP contribution in [0.5, 0.6) is 0 Å². The van der Waals surface area contributed by atoms with Gasteiger partial charge in [0, 0.05) is 0 Å². The SMILES string of the molecule is C=C/C=C\C(C)C1CC(CCC(C)CC(C)CC(C)/C=C\C)C1C.CC. The summed E-state index contributed by atoms with van der Waals surface area (Å²) in [4.78, 5) is 0. The third-order valence-electron chi connectivity index (χ3n) is 6.35. The van der Waals surface area contributed by atoms with Crippen LogP contribution in [0.25, 0.3) is 0 Å². The molecular weight excluding hydrogens is 312 g/mol. The predicted molar refractivity (Wildman–Crippen MR) is 121 cm³/mol. The van der Waals surface area contributed by atoms with Gasteiger partial charge in [0.05, 0.1) is 0 Å². The summed E-state index contributed by atoms with van der Waals surface area (Å²) in [5, 5.41) is 0. The first-order valence-electron chi connectivity index (χ1n) is 11.3. The molecule has 1 aliphatic carbocycles. The minimum Gasteiger partial charge on any atom is -0.0991 e. The number of hydrogen-bond donors (Lipinski definition) is 0. The molecule has 0 radical (unpaired) electrons. The molecule has 1 aliphatic rings. The Balaban J connectivity index is 0.00000301. The van der Waals surface area contributed by atoms with Crippen molar-refractivity contribution in [2.45, 2.75) is 87.5 Å². The predicted octanol–water partition coefficient (Wildman–Crippen LogP) is 8.71. The molecule has 0 heterocycles. The molecule has 0 bridgehead atoms. The molecule has 1 saturated carbocycles. The van der Waals surface area contributed by atoms with Crippen LogP contribution in [0.1, 0.15) is 87.5 Å². The third kappa shape index (κ3) is 9.24. The molecule has 152 valence electrons. The van der Waals surface area contributed by atoms with Crippen LogP contribution >= 0.6 is 0 Å². The maximum atomic E-state index is 3.78. The van der Waals surface area contributed by atoms with E-state index < -0.39 is 0 Å². The molecule has 0 aromatic carbocycles. The zero-order chi connectivity index (χ0) is 20.1. The van der Waals surface area contributed by atoms with Gasteiger partial charge in [0.2, 0.25) is 0 Å². The minimum absolute atomic E-state index is 0.708. The van der Waals surface area contributed by atoms with Gasteiger partial charge in [0.15, 0.2) is 0 Å². The van der Waals surface area contributed by atoms with Crippen molar-refractivity contribution in [3.63, 3.8) is 0 Å². The van der Waals surface area contributed by atoms with E-state index in [-0.39, 0.29) is 0 Å². The molecule has 1 fully saturated rings. The Kier molecular flexibility index (Phi) is 13.9. The summed E-state index contributed by atoms with van der Waals surface area (Å²) in [6.45, 7) is 22.0. The van der Waals surface area contributed by atoms with E-state index in [2.05, 4.69) is 72.4 Å². The molecule has 0 aromatic heterocycles. The highest BCUT2D eigenvalue weighted by Crippen LogP contribution is 2.47. The van der Waals surface area contributed by atoms with Gasteiger partial charge in [0.1, 0.15) is 0 Å². The number of rotatable bonds is 11. The van der Waals surface area contributed by atoms with E-state index in [1.165, 1.54) is 32.1 Å². The Labute approximate surface area is 166 Å². The van der Waals surface area contributed by atoms with Gasteiger partial charge < -0.3 is 0 Å². The van der Waals surface area contributed by atoms with Crippen LogP contribution in [-0.4, -0.2) is 0 Å². The highest BCUT2D eigenvalue weighted by Gasteiger charge is 2.39. The maximum absolute atomic E-state index is 3.78. The van der Waals surface area contributed by atoms with Gasteiger partial charge >= 0.3 is 0 Å². The minimum atomic E-state index is 0.708. The molecule has 0 nitrogen and oxygen atoms in total. The average Bonchev–Trinajstić information content (AvgIpc) is 2.60. The fourth-order valence-electron chi connectivity index (χ4n) is 4.84. The van der Waals surface area contributed by atoms with Crippen LogP contribution in [0.2, 0.25) is 0 Å². The van der Waals surface area contributed by atoms with Gasteiger partial charge in [-0.1, -0.05) is 91.8 Å². The van der Waals surface area contributed by atoms with E-state index >= 15 is 0 Å². The summed E-state index contributed by atoms with van der Waals surface area (Å²) in [5.41, 5.74) is 0. The highest BCUT2D eigenvalue weighted by molar-refractivity contribution is 5.03. The molecule has 0 aliphatic heterocycles. The van der Waals surface area contributed by atoms with Gasteiger partial charge in [-0.15, -0.1) is 0 Å². The second-order valence-corrected chi connectivity index (χ2v) is 8.76. The van der Waals surface area contributed by atoms with Crippen molar-refractivity contribution in [2.75, 3.05) is 0 Å². The van der Waals surface area contributed by atoms with Gasteiger partial charge in [-0.25, -0.2) is 0 Å². The molecule has 7 atom stereocenters. The summed E-state index contributed by atoms with van der Waals surface area (Å²) in [6, 6.07) is 0. The second kappa shape index (κ2) is 14.3. The van der Waals surface area contributed by atoms with E-state index in [0.29, 0.717) is 5.92 Å². The van der Waals surface area contributed by atoms with E-state index in [1.54, 1.807) is 0 Å². The summed E-state index contributed by atoms with van der Waals surface area (Å²) in [6.07, 6.45) is 17.9. The Morgan fingerprint density at radius 3 is 2.19 bits per heavy atom. The van der Waals surface area contributed by atoms with Crippen LogP contribution in [0, 0.1) is 41.4 Å². The fraction of sp³-hybridized carbons (Fsp3) is 0.769. The van der Waals surface area contributed by atoms with Crippen LogP contribution in [0.3, 0.4) is 0 Å². The Morgan fingerprint density at radius 1 is 1.00 bits per heavy atom. The van der Waals surface area contributed by atoms with E-state index in [9.17, 15) is 0 Å². The van der Waals surface area contributed by atoms with Gasteiger partial charge in [-0.2, -0.15) is 0 Å². The Bertz CT molecular complexity index is 402. The molecule has 7 unspecified atom stereocenters. The molecule has 1 rings (SSSR count). The second-order valence-electron chi connectivity index (χ2n) is 8.76. The molecule has 26 heavy (non-hydrogen) atoms. The van der Waals surface area contributed by atoms with E-state index in [0.717, 1.165) is 35.5 Å². The Morgan fingerprint density at radius 2 is 1.65 bits per heavy atom. The van der Waals surface area contributed by atoms with Crippen LogP contribution < -0.4 is 0 Å². The Hall–Kier alpha value is -0.780. The van der Waals surface area contributed by atoms with Crippen LogP contribution in [0.15, 0.2) is 37.0 Å². The fourth-order valence-corrected chi connectivity index (χ4v) is 4.84. The molecular formula is C26H48. The largest absolute Gasteiger partial charge is 0.0991 e. The van der Waals surface area contributed by atoms with Gasteiger partial charge in [0.25, 0.3) is 0 Å². The van der Waals surface area contributed by atoms with Crippen molar-refractivity contribution in [3.8, 4) is 0 Å². The summed E-state index contributed by atoms with van der Waals surface area (Å²) < 4.78 is 0. The monoisotopic (exact) mass is 360 g/mol. The van der Waals surface area contributed by atoms with Crippen molar-refractivity contribution in [1.82, 2.24) is 0 Å². The average molecular weight is 361 g/mol. The molecule has 0 spiro atoms. The molecule has 0 N–H and O–H groups in total. The normalized spacial score (nSPS) is 27.3. The van der Waals surface area contributed by atoms with E-state index in [4.69, 9.17) is 0 Å². The summed E-state index contributed by atoms with van der Waals surface area (Å²) in [7, 11) is 0. The van der Waals surface area contributed by atoms with Crippen molar-refractivity contribution < 1.29 is 0 Å². The lowest BCUT2D eigenvalue weighted by Crippen LogP contribution is -2.38. The number of allylic oxidation sites excluding steroid dienone is 5. The van der Waals surface area contributed by atoms with Crippen molar-refractivity contribution in [1.29, 1.82) is 0 Å². The standard InChI is InChI=1S/C24H42.C2H6/c1-8-10-12-21(6)24-17-23(22(24)7)14-13-19(4)16-20(5)15-18(3)11-9-2;1-2/h8-12,18-24H,1,13-17H2,2-7H3;1-2H3/b11-9-,12-10-;. The first-order chi connectivity index (χ1) is 12.4. The van der Waals surface area contributed by atoms with Gasteiger partial charge in [-0.05, 0) is 74.0 Å². The molecule has 0 aromatic rings. The lowest BCUT2D eigenvalue weighted by Gasteiger charge is -2.46. The lowest BCUT2D eigenvalue weighted by atomic mass is 9.59. The summed E-state index contributed by atoms with van der Waals surface area (Å²) in [5.74, 6) is 5.92. The zero-order valence-corrected chi connectivity index (χ0v) is 19.2. The molecule has 0 heteroatoms. The molecule has 0 amide bonds. The molecule has 0 saturated heterocycles. The maximum Gasteiger partial charge on any atom is -0.0228 e. The van der Waals surface area contributed by atoms with Crippen molar-refractivity contribution in [3.05, 3.63) is 37.0 Å². The number of hydrogen-bond acceptors (Lipinski definition) is 0. The highest BCUT2D eigenvalue weighted by atomic mass is 14.4. The topological polar surface area (TPSA) is 0 Å². The van der Waals surface area contributed by atoms with Gasteiger partial charge in [-0.3, -0.25) is 0 Å². The van der Waals surface area contributed by atoms with Crippen molar-refractivity contribution in [2.24, 2.45) is 41.4 Å². The zero-order valence-electron chi connectivity index (χ0n) is 19.2. The van der Waals surface area contributed by atoms with E-state index in [1.807, 2.05) is 19.9 Å². The first kappa shape index (κ1) is 25.2. The third-order valence-corrected chi connectivity index (χ3v) is 6.35. The van der Waals surface area contributed by atoms with Crippen LogP contribution in [-0.2, 0) is 0 Å². The van der Waals surface area contributed by atoms with Crippen LogP contribution in [0.4, 0.5) is 0 Å². The van der Waals surface area contributed by atoms with Crippen molar-refractivity contribution >= 4 is 0 Å². The summed E-state index contributed by atoms with van der Waals surface area (Å²) >= 11 is 0. The smallest absolute Gasteiger partial charge is 0.0228 e.